The fourth-order valence-electron chi connectivity index (χ4n) is 1.76. The molecule has 0 spiro atoms. The number of nitrogens with zero attached hydrogens (tertiary/aromatic N) is 2. The van der Waals surface area contributed by atoms with Crippen molar-refractivity contribution in [3.05, 3.63) is 33.7 Å². The third-order valence-electron chi connectivity index (χ3n) is 2.68. The SMILES string of the molecule is CN(C)CCCn1c(C(F)(F)F)ccc(C(=O)O)c1=O. The Balaban J connectivity index is 3.24. The molecule has 0 atom stereocenters. The summed E-state index contributed by atoms with van der Waals surface area (Å²) in [6, 6.07) is 1.32. The Labute approximate surface area is 113 Å². The van der Waals surface area contributed by atoms with Gasteiger partial charge in [0, 0.05) is 6.54 Å². The Morgan fingerprint density at radius 1 is 1.35 bits per heavy atom. The monoisotopic (exact) mass is 292 g/mol. The molecule has 0 aromatic carbocycles. The van der Waals surface area contributed by atoms with Crippen molar-refractivity contribution < 1.29 is 23.1 Å². The van der Waals surface area contributed by atoms with Gasteiger partial charge in [-0.25, -0.2) is 4.79 Å². The molecule has 0 fully saturated rings. The second kappa shape index (κ2) is 6.08. The Morgan fingerprint density at radius 2 is 1.95 bits per heavy atom. The van der Waals surface area contributed by atoms with Crippen molar-refractivity contribution in [1.82, 2.24) is 9.47 Å². The molecule has 0 bridgehead atoms. The first-order valence-electron chi connectivity index (χ1n) is 5.83. The van der Waals surface area contributed by atoms with Gasteiger partial charge in [0.2, 0.25) is 0 Å². The number of carbonyl (C=O) groups is 1. The fraction of sp³-hybridized carbons (Fsp3) is 0.500. The maximum Gasteiger partial charge on any atom is 0.431 e. The van der Waals surface area contributed by atoms with Crippen molar-refractivity contribution >= 4 is 5.97 Å². The third kappa shape index (κ3) is 3.83. The smallest absolute Gasteiger partial charge is 0.431 e. The lowest BCUT2D eigenvalue weighted by atomic mass is 10.2. The lowest BCUT2D eigenvalue weighted by Gasteiger charge is -2.17. The van der Waals surface area contributed by atoms with Crippen LogP contribution in [0.5, 0.6) is 0 Å². The number of pyridine rings is 1. The molecule has 112 valence electrons. The summed E-state index contributed by atoms with van der Waals surface area (Å²) < 4.78 is 39.0. The number of hydrogen-bond acceptors (Lipinski definition) is 3. The van der Waals surface area contributed by atoms with Crippen LogP contribution in [0.3, 0.4) is 0 Å². The van der Waals surface area contributed by atoms with Crippen molar-refractivity contribution in [3.8, 4) is 0 Å². The first kappa shape index (κ1) is 16.2. The number of rotatable bonds is 5. The molecule has 5 nitrogen and oxygen atoms in total. The number of carboxylic acid groups (broad SMARTS) is 1. The number of aromatic nitrogens is 1. The third-order valence-corrected chi connectivity index (χ3v) is 2.68. The molecular formula is C12H15F3N2O3. The van der Waals surface area contributed by atoms with Crippen molar-refractivity contribution in [3.63, 3.8) is 0 Å². The van der Waals surface area contributed by atoms with Gasteiger partial charge in [-0.05, 0) is 39.2 Å². The van der Waals surface area contributed by atoms with E-state index >= 15 is 0 Å². The molecule has 0 aliphatic carbocycles. The number of aromatic carboxylic acids is 1. The molecule has 0 saturated heterocycles. The first-order valence-corrected chi connectivity index (χ1v) is 5.83. The number of alkyl halides is 3. The summed E-state index contributed by atoms with van der Waals surface area (Å²) in [6.07, 6.45) is -4.40. The summed E-state index contributed by atoms with van der Waals surface area (Å²) in [6.45, 7) is 0.300. The van der Waals surface area contributed by atoms with Gasteiger partial charge in [-0.1, -0.05) is 0 Å². The van der Waals surface area contributed by atoms with E-state index in [9.17, 15) is 22.8 Å². The zero-order valence-corrected chi connectivity index (χ0v) is 11.1. The highest BCUT2D eigenvalue weighted by molar-refractivity contribution is 5.87. The average molecular weight is 292 g/mol. The van der Waals surface area contributed by atoms with Crippen molar-refractivity contribution in [2.75, 3.05) is 20.6 Å². The predicted octanol–water partition coefficient (Wildman–Crippen LogP) is 1.52. The zero-order chi connectivity index (χ0) is 15.5. The molecule has 1 aromatic rings. The van der Waals surface area contributed by atoms with Crippen LogP contribution in [-0.2, 0) is 12.7 Å². The van der Waals surface area contributed by atoms with Gasteiger partial charge in [0.05, 0.1) is 0 Å². The van der Waals surface area contributed by atoms with E-state index in [1.807, 2.05) is 0 Å². The summed E-state index contributed by atoms with van der Waals surface area (Å²) in [5.74, 6) is -1.54. The minimum Gasteiger partial charge on any atom is -0.477 e. The second-order valence-electron chi connectivity index (χ2n) is 4.55. The fourth-order valence-corrected chi connectivity index (χ4v) is 1.76. The highest BCUT2D eigenvalue weighted by atomic mass is 19.4. The summed E-state index contributed by atoms with van der Waals surface area (Å²) in [7, 11) is 3.50. The van der Waals surface area contributed by atoms with Crippen LogP contribution in [0.2, 0.25) is 0 Å². The summed E-state index contributed by atoms with van der Waals surface area (Å²) in [5, 5.41) is 8.79. The number of carboxylic acids is 1. The van der Waals surface area contributed by atoms with Crippen LogP contribution >= 0.6 is 0 Å². The molecule has 0 unspecified atom stereocenters. The Bertz CT molecular complexity index is 550. The lowest BCUT2D eigenvalue weighted by molar-refractivity contribution is -0.144. The van der Waals surface area contributed by atoms with E-state index in [0.717, 1.165) is 0 Å². The van der Waals surface area contributed by atoms with Gasteiger partial charge < -0.3 is 14.6 Å². The van der Waals surface area contributed by atoms with E-state index in [1.165, 1.54) is 0 Å². The molecule has 0 saturated carbocycles. The molecule has 1 aromatic heterocycles. The van der Waals surface area contributed by atoms with Gasteiger partial charge in [-0.3, -0.25) is 4.79 Å². The van der Waals surface area contributed by atoms with Crippen LogP contribution in [0, 0.1) is 0 Å². The van der Waals surface area contributed by atoms with E-state index in [0.29, 0.717) is 29.7 Å². The molecule has 1 heterocycles. The van der Waals surface area contributed by atoms with Gasteiger partial charge in [0.15, 0.2) is 0 Å². The van der Waals surface area contributed by atoms with E-state index in [2.05, 4.69) is 0 Å². The summed E-state index contributed by atoms with van der Waals surface area (Å²) in [5.41, 5.74) is -2.93. The molecule has 1 N–H and O–H groups in total. The standard InChI is InChI=1S/C12H15F3N2O3/c1-16(2)6-3-7-17-9(12(13,14)15)5-4-8(10(17)18)11(19)20/h4-5H,3,6-7H2,1-2H3,(H,19,20). The summed E-state index contributed by atoms with van der Waals surface area (Å²) in [4.78, 5) is 24.4. The molecule has 8 heteroatoms. The molecule has 0 aliphatic rings. The molecule has 0 radical (unpaired) electrons. The number of halogens is 3. The highest BCUT2D eigenvalue weighted by Gasteiger charge is 2.35. The Morgan fingerprint density at radius 3 is 2.40 bits per heavy atom. The van der Waals surface area contributed by atoms with Crippen LogP contribution in [0.25, 0.3) is 0 Å². The largest absolute Gasteiger partial charge is 0.477 e. The van der Waals surface area contributed by atoms with Gasteiger partial charge in [-0.2, -0.15) is 13.2 Å². The molecule has 0 amide bonds. The summed E-state index contributed by atoms with van der Waals surface area (Å²) >= 11 is 0. The van der Waals surface area contributed by atoms with E-state index in [1.54, 1.807) is 19.0 Å². The topological polar surface area (TPSA) is 62.5 Å². The van der Waals surface area contributed by atoms with E-state index < -0.39 is 29.0 Å². The van der Waals surface area contributed by atoms with Gasteiger partial charge in [0.1, 0.15) is 11.3 Å². The maximum absolute atomic E-state index is 12.8. The first-order chi connectivity index (χ1) is 9.14. The van der Waals surface area contributed by atoms with Crippen LogP contribution in [-0.4, -0.2) is 41.2 Å². The van der Waals surface area contributed by atoms with E-state index in [4.69, 9.17) is 5.11 Å². The van der Waals surface area contributed by atoms with E-state index in [-0.39, 0.29) is 6.54 Å². The minimum absolute atomic E-state index is 0.188. The van der Waals surface area contributed by atoms with Gasteiger partial charge in [0.25, 0.3) is 5.56 Å². The Kier molecular flexibility index (Phi) is 4.93. The molecule has 1 rings (SSSR count). The lowest BCUT2D eigenvalue weighted by Crippen LogP contribution is -2.32. The molecule has 0 aliphatic heterocycles. The van der Waals surface area contributed by atoms with Crippen LogP contribution in [0.15, 0.2) is 16.9 Å². The normalized spacial score (nSPS) is 11.9. The van der Waals surface area contributed by atoms with Crippen molar-refractivity contribution in [1.29, 1.82) is 0 Å². The van der Waals surface area contributed by atoms with Crippen LogP contribution in [0.1, 0.15) is 22.5 Å². The van der Waals surface area contributed by atoms with Crippen molar-refractivity contribution in [2.24, 2.45) is 0 Å². The predicted molar refractivity (Wildman–Crippen MR) is 65.8 cm³/mol. The Hall–Kier alpha value is -1.83. The average Bonchev–Trinajstić information content (AvgIpc) is 2.28. The quantitative estimate of drug-likeness (QED) is 0.893. The van der Waals surface area contributed by atoms with Crippen molar-refractivity contribution in [2.45, 2.75) is 19.1 Å². The van der Waals surface area contributed by atoms with Gasteiger partial charge in [-0.15, -0.1) is 0 Å². The number of hydrogen-bond donors (Lipinski definition) is 1. The molecule has 20 heavy (non-hydrogen) atoms. The molecular weight excluding hydrogens is 277 g/mol. The maximum atomic E-state index is 12.8. The highest BCUT2D eigenvalue weighted by Crippen LogP contribution is 2.28. The van der Waals surface area contributed by atoms with Crippen LogP contribution in [0.4, 0.5) is 13.2 Å². The minimum atomic E-state index is -4.70. The zero-order valence-electron chi connectivity index (χ0n) is 11.1. The second-order valence-corrected chi connectivity index (χ2v) is 4.55. The van der Waals surface area contributed by atoms with Crippen LogP contribution < -0.4 is 5.56 Å². The van der Waals surface area contributed by atoms with Gasteiger partial charge >= 0.3 is 12.1 Å².